The minimum atomic E-state index is 0.831. The summed E-state index contributed by atoms with van der Waals surface area (Å²) in [6.45, 7) is 12.8. The average Bonchev–Trinajstić information content (AvgIpc) is 1.99. The molecular weight excluding hydrogens is 122 g/mol. The highest BCUT2D eigenvalue weighted by molar-refractivity contribution is 5.38. The van der Waals surface area contributed by atoms with Crippen LogP contribution in [0.2, 0.25) is 0 Å². The van der Waals surface area contributed by atoms with Crippen molar-refractivity contribution in [3.8, 4) is 0 Å². The van der Waals surface area contributed by atoms with E-state index >= 15 is 0 Å². The van der Waals surface area contributed by atoms with E-state index in [0.717, 1.165) is 17.7 Å². The van der Waals surface area contributed by atoms with Crippen LogP contribution < -0.4 is 0 Å². The number of nitrogens with zero attached hydrogens (tertiary/aromatic N) is 1. The number of allylic oxidation sites excluding steroid dienone is 3. The van der Waals surface area contributed by atoms with Crippen molar-refractivity contribution in [2.45, 2.75) is 13.3 Å². The molecule has 0 heterocycles. The fourth-order valence-electron chi connectivity index (χ4n) is 0.575. The molecule has 0 amide bonds. The van der Waals surface area contributed by atoms with Crippen LogP contribution in [0.3, 0.4) is 0 Å². The fourth-order valence-corrected chi connectivity index (χ4v) is 0.575. The quantitative estimate of drug-likeness (QED) is 0.415. The predicted octanol–water partition coefficient (Wildman–Crippen LogP) is 2.72. The molecule has 0 rings (SSSR count). The van der Waals surface area contributed by atoms with E-state index in [1.165, 1.54) is 0 Å². The van der Waals surface area contributed by atoms with Crippen LogP contribution in [0, 0.1) is 0 Å². The van der Waals surface area contributed by atoms with Crippen molar-refractivity contribution in [2.24, 2.45) is 4.99 Å². The molecule has 0 saturated heterocycles. The molecule has 0 aliphatic carbocycles. The molecule has 0 aliphatic heterocycles. The first-order chi connectivity index (χ1) is 4.76. The molecule has 0 saturated carbocycles. The minimum absolute atomic E-state index is 0.831. The zero-order valence-electron chi connectivity index (χ0n) is 6.43. The Bertz CT molecular complexity index is 175. The Labute approximate surface area is 62.5 Å². The topological polar surface area (TPSA) is 12.4 Å². The fraction of sp³-hybridized carbons (Fsp3) is 0.222. The molecule has 0 unspecified atom stereocenters. The highest BCUT2D eigenvalue weighted by atomic mass is 14.7. The van der Waals surface area contributed by atoms with Gasteiger partial charge in [0.05, 0.1) is 5.70 Å². The molecule has 1 nitrogen and oxygen atoms in total. The second-order valence-corrected chi connectivity index (χ2v) is 1.90. The van der Waals surface area contributed by atoms with Crippen molar-refractivity contribution in [1.82, 2.24) is 0 Å². The molecule has 0 bridgehead atoms. The molecule has 0 radical (unpaired) electrons. The SMILES string of the molecule is C=C/C=C(\N=C)C(=C)CC. The Balaban J connectivity index is 4.34. The predicted molar refractivity (Wildman–Crippen MR) is 47.3 cm³/mol. The number of aliphatic imine (C=N–C) groups is 1. The van der Waals surface area contributed by atoms with Crippen LogP contribution in [-0.2, 0) is 0 Å². The average molecular weight is 135 g/mol. The van der Waals surface area contributed by atoms with E-state index in [1.54, 1.807) is 12.2 Å². The molecule has 0 N–H and O–H groups in total. The van der Waals surface area contributed by atoms with Crippen LogP contribution in [-0.4, -0.2) is 6.72 Å². The van der Waals surface area contributed by atoms with Crippen LogP contribution >= 0.6 is 0 Å². The van der Waals surface area contributed by atoms with Gasteiger partial charge < -0.3 is 0 Å². The maximum atomic E-state index is 3.81. The van der Waals surface area contributed by atoms with Gasteiger partial charge in [-0.1, -0.05) is 26.2 Å². The van der Waals surface area contributed by atoms with E-state index < -0.39 is 0 Å². The van der Waals surface area contributed by atoms with Crippen LogP contribution in [0.4, 0.5) is 0 Å². The van der Waals surface area contributed by atoms with E-state index in [1.807, 2.05) is 6.92 Å². The van der Waals surface area contributed by atoms with Gasteiger partial charge in [0.2, 0.25) is 0 Å². The van der Waals surface area contributed by atoms with Crippen molar-refractivity contribution < 1.29 is 0 Å². The van der Waals surface area contributed by atoms with E-state index in [-0.39, 0.29) is 0 Å². The molecular formula is C9H13N. The monoisotopic (exact) mass is 135 g/mol. The van der Waals surface area contributed by atoms with Gasteiger partial charge in [0.15, 0.2) is 0 Å². The summed E-state index contributed by atoms with van der Waals surface area (Å²) in [6.07, 6.45) is 4.39. The van der Waals surface area contributed by atoms with Crippen LogP contribution in [0.1, 0.15) is 13.3 Å². The summed E-state index contributed by atoms with van der Waals surface area (Å²) in [4.78, 5) is 3.79. The Kier molecular flexibility index (Phi) is 4.21. The third-order valence-electron chi connectivity index (χ3n) is 1.24. The van der Waals surface area contributed by atoms with E-state index in [9.17, 15) is 0 Å². The maximum Gasteiger partial charge on any atom is 0.0648 e. The van der Waals surface area contributed by atoms with Crippen molar-refractivity contribution in [2.75, 3.05) is 0 Å². The zero-order chi connectivity index (χ0) is 7.98. The van der Waals surface area contributed by atoms with Gasteiger partial charge in [-0.15, -0.1) is 0 Å². The standard InChI is InChI=1S/C9H13N/c1-5-7-9(10-4)8(3)6-2/h5,7H,1,3-4,6H2,2H3/b9-7-. The first kappa shape index (κ1) is 8.89. The summed E-state index contributed by atoms with van der Waals surface area (Å²) in [5.41, 5.74) is 1.83. The lowest BCUT2D eigenvalue weighted by molar-refractivity contribution is 1.10. The van der Waals surface area contributed by atoms with E-state index in [4.69, 9.17) is 0 Å². The highest BCUT2D eigenvalue weighted by Crippen LogP contribution is 2.11. The largest absolute Gasteiger partial charge is 0.264 e. The first-order valence-corrected chi connectivity index (χ1v) is 3.23. The van der Waals surface area contributed by atoms with Gasteiger partial charge in [-0.25, -0.2) is 0 Å². The molecule has 0 spiro atoms. The summed E-state index contributed by atoms with van der Waals surface area (Å²) in [7, 11) is 0. The van der Waals surface area contributed by atoms with E-state index in [0.29, 0.717) is 0 Å². The summed E-state index contributed by atoms with van der Waals surface area (Å²) >= 11 is 0. The lowest BCUT2D eigenvalue weighted by atomic mass is 10.1. The first-order valence-electron chi connectivity index (χ1n) is 3.23. The third-order valence-corrected chi connectivity index (χ3v) is 1.24. The summed E-state index contributed by atoms with van der Waals surface area (Å²) in [5, 5.41) is 0. The van der Waals surface area contributed by atoms with Gasteiger partial charge in [0.25, 0.3) is 0 Å². The van der Waals surface area contributed by atoms with Crippen LogP contribution in [0.5, 0.6) is 0 Å². The van der Waals surface area contributed by atoms with Crippen LogP contribution in [0.25, 0.3) is 0 Å². The molecule has 0 aromatic carbocycles. The van der Waals surface area contributed by atoms with Gasteiger partial charge in [-0.05, 0) is 24.8 Å². The number of hydrogen-bond donors (Lipinski definition) is 0. The Morgan fingerprint density at radius 1 is 1.60 bits per heavy atom. The molecule has 0 fully saturated rings. The van der Waals surface area contributed by atoms with Gasteiger partial charge in [-0.2, -0.15) is 0 Å². The molecule has 0 atom stereocenters. The maximum absolute atomic E-state index is 3.81. The van der Waals surface area contributed by atoms with Gasteiger partial charge in [-0.3, -0.25) is 4.99 Å². The van der Waals surface area contributed by atoms with Gasteiger partial charge >= 0.3 is 0 Å². The zero-order valence-corrected chi connectivity index (χ0v) is 6.43. The molecule has 1 heteroatoms. The third kappa shape index (κ3) is 2.44. The Morgan fingerprint density at radius 2 is 2.20 bits per heavy atom. The number of hydrogen-bond acceptors (Lipinski definition) is 1. The minimum Gasteiger partial charge on any atom is -0.264 e. The van der Waals surface area contributed by atoms with Crippen LogP contribution in [0.15, 0.2) is 41.6 Å². The second kappa shape index (κ2) is 4.74. The smallest absolute Gasteiger partial charge is 0.0648 e. The molecule has 0 aromatic rings. The van der Waals surface area contributed by atoms with E-state index in [2.05, 4.69) is 24.9 Å². The van der Waals surface area contributed by atoms with Gasteiger partial charge in [0, 0.05) is 0 Å². The number of rotatable bonds is 4. The van der Waals surface area contributed by atoms with Crippen molar-refractivity contribution in [1.29, 1.82) is 0 Å². The highest BCUT2D eigenvalue weighted by Gasteiger charge is 1.93. The molecule has 0 aliphatic rings. The van der Waals surface area contributed by atoms with Crippen molar-refractivity contribution in [3.05, 3.63) is 36.6 Å². The summed E-state index contributed by atoms with van der Waals surface area (Å²) in [6, 6.07) is 0. The lowest BCUT2D eigenvalue weighted by Gasteiger charge is -1.99. The summed E-state index contributed by atoms with van der Waals surface area (Å²) in [5.74, 6) is 0. The normalized spacial score (nSPS) is 10.7. The Hall–Kier alpha value is -1.11. The molecule has 54 valence electrons. The van der Waals surface area contributed by atoms with Crippen molar-refractivity contribution in [3.63, 3.8) is 0 Å². The Morgan fingerprint density at radius 3 is 2.50 bits per heavy atom. The van der Waals surface area contributed by atoms with Crippen molar-refractivity contribution >= 4 is 6.72 Å². The second-order valence-electron chi connectivity index (χ2n) is 1.90. The molecule has 0 aromatic heterocycles. The molecule has 10 heavy (non-hydrogen) atoms. The lowest BCUT2D eigenvalue weighted by Crippen LogP contribution is -1.80. The van der Waals surface area contributed by atoms with Gasteiger partial charge in [0.1, 0.15) is 0 Å². The summed E-state index contributed by atoms with van der Waals surface area (Å²) < 4.78 is 0.